The highest BCUT2D eigenvalue weighted by Crippen LogP contribution is 2.27. The van der Waals surface area contributed by atoms with Gasteiger partial charge in [0, 0.05) is 12.2 Å². The number of nitrogens with zero attached hydrogens (tertiary/aromatic N) is 1. The molecule has 1 aromatic rings. The Labute approximate surface area is 120 Å². The van der Waals surface area contributed by atoms with E-state index in [4.69, 9.17) is 5.26 Å². The molecule has 0 bridgehead atoms. The van der Waals surface area contributed by atoms with Crippen molar-refractivity contribution in [1.29, 1.82) is 5.26 Å². The molecule has 1 N–H and O–H groups in total. The summed E-state index contributed by atoms with van der Waals surface area (Å²) in [7, 11) is 0. The zero-order chi connectivity index (χ0) is 14.6. The topological polar surface area (TPSA) is 52.9 Å². The molecule has 1 aromatic carbocycles. The predicted molar refractivity (Wildman–Crippen MR) is 73.1 cm³/mol. The SMILES string of the molecule is N#CC1(NC(=O)CCc2cc(F)ccc2F)CCSC1. The van der Waals surface area contributed by atoms with Crippen LogP contribution in [0.2, 0.25) is 0 Å². The molecule has 1 aliphatic rings. The maximum atomic E-state index is 13.4. The van der Waals surface area contributed by atoms with Gasteiger partial charge in [0.1, 0.15) is 17.2 Å². The van der Waals surface area contributed by atoms with Gasteiger partial charge in [-0.2, -0.15) is 17.0 Å². The van der Waals surface area contributed by atoms with E-state index in [9.17, 15) is 13.6 Å². The summed E-state index contributed by atoms with van der Waals surface area (Å²) < 4.78 is 26.4. The summed E-state index contributed by atoms with van der Waals surface area (Å²) in [5, 5.41) is 11.9. The van der Waals surface area contributed by atoms with Crippen molar-refractivity contribution in [1.82, 2.24) is 5.32 Å². The largest absolute Gasteiger partial charge is 0.337 e. The number of aryl methyl sites for hydroxylation is 1. The Morgan fingerprint density at radius 2 is 2.30 bits per heavy atom. The van der Waals surface area contributed by atoms with Crippen molar-refractivity contribution in [3.05, 3.63) is 35.4 Å². The molecule has 0 aliphatic carbocycles. The fourth-order valence-corrected chi connectivity index (χ4v) is 3.36. The summed E-state index contributed by atoms with van der Waals surface area (Å²) >= 11 is 1.62. The second-order valence-electron chi connectivity index (χ2n) is 4.78. The smallest absolute Gasteiger partial charge is 0.221 e. The maximum Gasteiger partial charge on any atom is 0.221 e. The Balaban J connectivity index is 1.92. The summed E-state index contributed by atoms with van der Waals surface area (Å²) in [5.74, 6) is 0.0569. The van der Waals surface area contributed by atoms with Gasteiger partial charge in [0.05, 0.1) is 6.07 Å². The molecule has 1 aliphatic heterocycles. The first kappa shape index (κ1) is 14.8. The predicted octanol–water partition coefficient (Wildman–Crippen LogP) is 2.41. The van der Waals surface area contributed by atoms with E-state index in [1.54, 1.807) is 11.8 Å². The lowest BCUT2D eigenvalue weighted by molar-refractivity contribution is -0.122. The van der Waals surface area contributed by atoms with Crippen LogP contribution in [0.4, 0.5) is 8.78 Å². The van der Waals surface area contributed by atoms with Crippen molar-refractivity contribution < 1.29 is 13.6 Å². The monoisotopic (exact) mass is 296 g/mol. The van der Waals surface area contributed by atoms with Gasteiger partial charge in [-0.25, -0.2) is 8.78 Å². The van der Waals surface area contributed by atoms with Crippen LogP contribution in [0, 0.1) is 23.0 Å². The number of amides is 1. The van der Waals surface area contributed by atoms with E-state index in [-0.39, 0.29) is 24.3 Å². The van der Waals surface area contributed by atoms with E-state index in [0.29, 0.717) is 12.2 Å². The molecule has 6 heteroatoms. The number of halogens is 2. The van der Waals surface area contributed by atoms with Crippen LogP contribution in [0.15, 0.2) is 18.2 Å². The van der Waals surface area contributed by atoms with E-state index in [0.717, 1.165) is 24.0 Å². The van der Waals surface area contributed by atoms with Gasteiger partial charge in [-0.15, -0.1) is 0 Å². The van der Waals surface area contributed by atoms with Crippen LogP contribution < -0.4 is 5.32 Å². The molecule has 1 atom stereocenters. The molecule has 0 radical (unpaired) electrons. The van der Waals surface area contributed by atoms with Gasteiger partial charge in [-0.05, 0) is 42.4 Å². The highest BCUT2D eigenvalue weighted by Gasteiger charge is 2.35. The molecule has 3 nitrogen and oxygen atoms in total. The first-order valence-electron chi connectivity index (χ1n) is 6.29. The third-order valence-electron chi connectivity index (χ3n) is 3.24. The number of benzene rings is 1. The number of carbonyl (C=O) groups is 1. The standard InChI is InChI=1S/C14H14F2N2OS/c15-11-2-3-12(16)10(7-11)1-4-13(19)18-14(8-17)5-6-20-9-14/h2-3,7H,1,4-6,9H2,(H,18,19). The molecule has 1 saturated heterocycles. The van der Waals surface area contributed by atoms with Crippen molar-refractivity contribution in [2.45, 2.75) is 24.8 Å². The van der Waals surface area contributed by atoms with Crippen LogP contribution in [0.3, 0.4) is 0 Å². The minimum atomic E-state index is -0.803. The zero-order valence-electron chi connectivity index (χ0n) is 10.8. The number of nitrogens with one attached hydrogen (secondary N) is 1. The molecule has 0 aromatic heterocycles. The molecule has 0 spiro atoms. The summed E-state index contributed by atoms with van der Waals surface area (Å²) in [6.07, 6.45) is 0.771. The first-order valence-corrected chi connectivity index (χ1v) is 7.44. The molecule has 20 heavy (non-hydrogen) atoms. The number of nitriles is 1. The van der Waals surface area contributed by atoms with Crippen molar-refractivity contribution in [2.75, 3.05) is 11.5 Å². The van der Waals surface area contributed by atoms with E-state index in [2.05, 4.69) is 11.4 Å². The molecule has 1 heterocycles. The van der Waals surface area contributed by atoms with Gasteiger partial charge in [-0.3, -0.25) is 4.79 Å². The second kappa shape index (κ2) is 6.23. The number of rotatable bonds is 4. The fourth-order valence-electron chi connectivity index (χ4n) is 2.09. The molecule has 106 valence electrons. The van der Waals surface area contributed by atoms with Gasteiger partial charge in [0.15, 0.2) is 0 Å². The maximum absolute atomic E-state index is 13.4. The highest BCUT2D eigenvalue weighted by atomic mass is 32.2. The Morgan fingerprint density at radius 3 is 2.95 bits per heavy atom. The first-order chi connectivity index (χ1) is 9.54. The van der Waals surface area contributed by atoms with Crippen molar-refractivity contribution >= 4 is 17.7 Å². The summed E-state index contributed by atoms with van der Waals surface area (Å²) in [5.41, 5.74) is -0.630. The third kappa shape index (κ3) is 3.48. The summed E-state index contributed by atoms with van der Waals surface area (Å²) in [4.78, 5) is 11.8. The van der Waals surface area contributed by atoms with Crippen LogP contribution in [0.25, 0.3) is 0 Å². The molecule has 1 fully saturated rings. The number of hydrogen-bond donors (Lipinski definition) is 1. The van der Waals surface area contributed by atoms with E-state index in [1.807, 2.05) is 0 Å². The second-order valence-corrected chi connectivity index (χ2v) is 5.89. The van der Waals surface area contributed by atoms with Gasteiger partial charge in [0.2, 0.25) is 5.91 Å². The lowest BCUT2D eigenvalue weighted by atomic mass is 10.0. The van der Waals surface area contributed by atoms with Gasteiger partial charge >= 0.3 is 0 Å². The minimum Gasteiger partial charge on any atom is -0.337 e. The van der Waals surface area contributed by atoms with Crippen LogP contribution in [-0.2, 0) is 11.2 Å². The normalized spacial score (nSPS) is 21.4. The average Bonchev–Trinajstić information content (AvgIpc) is 2.89. The fraction of sp³-hybridized carbons (Fsp3) is 0.429. The lowest BCUT2D eigenvalue weighted by Gasteiger charge is -2.21. The minimum absolute atomic E-state index is 0.0362. The van der Waals surface area contributed by atoms with Crippen LogP contribution in [0.5, 0.6) is 0 Å². The van der Waals surface area contributed by atoms with Crippen molar-refractivity contribution in [3.8, 4) is 6.07 Å². The van der Waals surface area contributed by atoms with Crippen LogP contribution in [-0.4, -0.2) is 23.0 Å². The Bertz CT molecular complexity index is 551. The Hall–Kier alpha value is -1.61. The van der Waals surface area contributed by atoms with Gasteiger partial charge in [0.25, 0.3) is 0 Å². The zero-order valence-corrected chi connectivity index (χ0v) is 11.6. The molecular formula is C14H14F2N2OS. The Morgan fingerprint density at radius 1 is 1.50 bits per heavy atom. The third-order valence-corrected chi connectivity index (χ3v) is 4.43. The Kier molecular flexibility index (Phi) is 4.61. The van der Waals surface area contributed by atoms with E-state index < -0.39 is 17.2 Å². The van der Waals surface area contributed by atoms with Crippen molar-refractivity contribution in [3.63, 3.8) is 0 Å². The number of hydrogen-bond acceptors (Lipinski definition) is 3. The molecule has 1 unspecified atom stereocenters. The number of thioether (sulfide) groups is 1. The summed E-state index contributed by atoms with van der Waals surface area (Å²) in [6.45, 7) is 0. The summed E-state index contributed by atoms with van der Waals surface area (Å²) in [6, 6.07) is 5.32. The quantitative estimate of drug-likeness (QED) is 0.928. The lowest BCUT2D eigenvalue weighted by Crippen LogP contribution is -2.47. The van der Waals surface area contributed by atoms with Gasteiger partial charge in [-0.1, -0.05) is 0 Å². The average molecular weight is 296 g/mol. The number of carbonyl (C=O) groups excluding carboxylic acids is 1. The molecule has 0 saturated carbocycles. The molecule has 1 amide bonds. The van der Waals surface area contributed by atoms with E-state index in [1.165, 1.54) is 0 Å². The van der Waals surface area contributed by atoms with Crippen molar-refractivity contribution in [2.24, 2.45) is 0 Å². The van der Waals surface area contributed by atoms with E-state index >= 15 is 0 Å². The molecular weight excluding hydrogens is 282 g/mol. The highest BCUT2D eigenvalue weighted by molar-refractivity contribution is 7.99. The van der Waals surface area contributed by atoms with Crippen LogP contribution >= 0.6 is 11.8 Å². The van der Waals surface area contributed by atoms with Gasteiger partial charge < -0.3 is 5.32 Å². The van der Waals surface area contributed by atoms with Crippen LogP contribution in [0.1, 0.15) is 18.4 Å². The molecule has 2 rings (SSSR count).